The predicted molar refractivity (Wildman–Crippen MR) is 61.4 cm³/mol. The number of amides is 1. The van der Waals surface area contributed by atoms with Gasteiger partial charge in [-0.1, -0.05) is 25.0 Å². The van der Waals surface area contributed by atoms with Crippen molar-refractivity contribution in [3.8, 4) is 0 Å². The molecule has 0 aromatic heterocycles. The second-order valence-corrected chi connectivity index (χ2v) is 4.06. The molecule has 15 heavy (non-hydrogen) atoms. The molecule has 3 nitrogen and oxygen atoms in total. The van der Waals surface area contributed by atoms with E-state index in [0.717, 1.165) is 18.5 Å². The van der Waals surface area contributed by atoms with Crippen molar-refractivity contribution in [2.24, 2.45) is 5.92 Å². The quantitative estimate of drug-likeness (QED) is 0.727. The minimum absolute atomic E-state index is 0.116. The summed E-state index contributed by atoms with van der Waals surface area (Å²) in [5.74, 6) is 0.301. The van der Waals surface area contributed by atoms with Crippen molar-refractivity contribution in [3.05, 3.63) is 24.3 Å². The van der Waals surface area contributed by atoms with Crippen LogP contribution in [-0.2, 0) is 4.79 Å². The van der Waals surface area contributed by atoms with Crippen LogP contribution in [0.25, 0.3) is 0 Å². The Hall–Kier alpha value is -1.51. The Kier molecular flexibility index (Phi) is 2.90. The molecular formula is C12H16N2O. The van der Waals surface area contributed by atoms with Gasteiger partial charge in [-0.25, -0.2) is 0 Å². The minimum atomic E-state index is 0.116. The average Bonchev–Trinajstić information content (AvgIpc) is 2.74. The fourth-order valence-corrected chi connectivity index (χ4v) is 2.03. The highest BCUT2D eigenvalue weighted by Gasteiger charge is 2.22. The van der Waals surface area contributed by atoms with Crippen LogP contribution in [0.2, 0.25) is 0 Å². The molecule has 0 atom stereocenters. The Morgan fingerprint density at radius 2 is 1.93 bits per heavy atom. The molecule has 0 saturated heterocycles. The molecule has 0 aliphatic heterocycles. The van der Waals surface area contributed by atoms with E-state index in [4.69, 9.17) is 5.73 Å². The molecule has 0 spiro atoms. The number of carbonyl (C=O) groups is 1. The van der Waals surface area contributed by atoms with Gasteiger partial charge in [0, 0.05) is 5.92 Å². The third-order valence-corrected chi connectivity index (χ3v) is 2.94. The number of hydrogen-bond donors (Lipinski definition) is 2. The zero-order chi connectivity index (χ0) is 10.7. The van der Waals surface area contributed by atoms with Crippen molar-refractivity contribution >= 4 is 17.3 Å². The Labute approximate surface area is 89.7 Å². The Bertz CT molecular complexity index is 356. The number of benzene rings is 1. The number of carbonyl (C=O) groups excluding carboxylic acids is 1. The maximum absolute atomic E-state index is 11.8. The lowest BCUT2D eigenvalue weighted by Crippen LogP contribution is -2.20. The molecule has 1 aromatic carbocycles. The van der Waals surface area contributed by atoms with E-state index in [-0.39, 0.29) is 11.8 Å². The van der Waals surface area contributed by atoms with Crippen molar-refractivity contribution in [1.29, 1.82) is 0 Å². The summed E-state index contributed by atoms with van der Waals surface area (Å²) < 4.78 is 0. The maximum Gasteiger partial charge on any atom is 0.227 e. The van der Waals surface area contributed by atoms with Gasteiger partial charge in [0.15, 0.2) is 0 Å². The van der Waals surface area contributed by atoms with Crippen molar-refractivity contribution in [1.82, 2.24) is 0 Å². The van der Waals surface area contributed by atoms with Crippen LogP contribution >= 0.6 is 0 Å². The smallest absolute Gasteiger partial charge is 0.227 e. The summed E-state index contributed by atoms with van der Waals surface area (Å²) in [5.41, 5.74) is 7.11. The summed E-state index contributed by atoms with van der Waals surface area (Å²) in [7, 11) is 0. The van der Waals surface area contributed by atoms with E-state index < -0.39 is 0 Å². The van der Waals surface area contributed by atoms with Crippen molar-refractivity contribution < 1.29 is 4.79 Å². The second-order valence-electron chi connectivity index (χ2n) is 4.06. The van der Waals surface area contributed by atoms with E-state index in [1.54, 1.807) is 6.07 Å². The first-order chi connectivity index (χ1) is 7.27. The number of rotatable bonds is 2. The number of anilines is 2. The van der Waals surface area contributed by atoms with E-state index in [1.807, 2.05) is 18.2 Å². The third-order valence-electron chi connectivity index (χ3n) is 2.94. The van der Waals surface area contributed by atoms with E-state index in [0.29, 0.717) is 5.69 Å². The van der Waals surface area contributed by atoms with Crippen molar-refractivity contribution in [2.75, 3.05) is 11.1 Å². The van der Waals surface area contributed by atoms with Crippen LogP contribution in [0.15, 0.2) is 24.3 Å². The summed E-state index contributed by atoms with van der Waals surface area (Å²) in [6, 6.07) is 7.37. The van der Waals surface area contributed by atoms with Crippen LogP contribution < -0.4 is 11.1 Å². The van der Waals surface area contributed by atoms with Crippen LogP contribution in [0.1, 0.15) is 25.7 Å². The lowest BCUT2D eigenvalue weighted by Gasteiger charge is -2.11. The van der Waals surface area contributed by atoms with Gasteiger partial charge in [-0.3, -0.25) is 4.79 Å². The highest BCUT2D eigenvalue weighted by molar-refractivity contribution is 5.95. The lowest BCUT2D eigenvalue weighted by atomic mass is 10.1. The minimum Gasteiger partial charge on any atom is -0.397 e. The molecule has 1 fully saturated rings. The first-order valence-electron chi connectivity index (χ1n) is 5.43. The second kappa shape index (κ2) is 4.34. The molecule has 0 unspecified atom stereocenters. The Morgan fingerprint density at radius 3 is 2.60 bits per heavy atom. The van der Waals surface area contributed by atoms with Crippen molar-refractivity contribution in [3.63, 3.8) is 0 Å². The third kappa shape index (κ3) is 2.29. The van der Waals surface area contributed by atoms with Gasteiger partial charge < -0.3 is 11.1 Å². The monoisotopic (exact) mass is 204 g/mol. The molecule has 0 bridgehead atoms. The summed E-state index contributed by atoms with van der Waals surface area (Å²) in [6.07, 6.45) is 4.36. The fraction of sp³-hybridized carbons (Fsp3) is 0.417. The number of nitrogens with two attached hydrogens (primary N) is 1. The SMILES string of the molecule is Nc1ccccc1NC(=O)C1CCCC1. The number of para-hydroxylation sites is 2. The van der Waals surface area contributed by atoms with E-state index in [1.165, 1.54) is 12.8 Å². The van der Waals surface area contributed by atoms with Gasteiger partial charge in [0.2, 0.25) is 5.91 Å². The maximum atomic E-state index is 11.8. The van der Waals surface area contributed by atoms with Gasteiger partial charge in [0.25, 0.3) is 0 Å². The number of nitrogens with one attached hydrogen (secondary N) is 1. The predicted octanol–water partition coefficient (Wildman–Crippen LogP) is 2.40. The molecule has 1 aliphatic carbocycles. The van der Waals surface area contributed by atoms with E-state index >= 15 is 0 Å². The van der Waals surface area contributed by atoms with Gasteiger partial charge in [0.05, 0.1) is 11.4 Å². The highest BCUT2D eigenvalue weighted by atomic mass is 16.1. The molecule has 1 amide bonds. The molecule has 80 valence electrons. The van der Waals surface area contributed by atoms with Crippen molar-refractivity contribution in [2.45, 2.75) is 25.7 Å². The summed E-state index contributed by atoms with van der Waals surface area (Å²) in [6.45, 7) is 0. The molecule has 0 heterocycles. The molecule has 0 radical (unpaired) electrons. The normalized spacial score (nSPS) is 16.5. The van der Waals surface area contributed by atoms with E-state index in [9.17, 15) is 4.79 Å². The molecule has 3 N–H and O–H groups in total. The average molecular weight is 204 g/mol. The van der Waals surface area contributed by atoms with Gasteiger partial charge in [-0.05, 0) is 25.0 Å². The first kappa shape index (κ1) is 10.0. The van der Waals surface area contributed by atoms with Gasteiger partial charge >= 0.3 is 0 Å². The summed E-state index contributed by atoms with van der Waals surface area (Å²) in [4.78, 5) is 11.8. The molecule has 1 aliphatic rings. The standard InChI is InChI=1S/C12H16N2O/c13-10-7-3-4-8-11(10)14-12(15)9-5-1-2-6-9/h3-4,7-9H,1-2,5-6,13H2,(H,14,15). The summed E-state index contributed by atoms with van der Waals surface area (Å²) >= 11 is 0. The topological polar surface area (TPSA) is 55.1 Å². The molecular weight excluding hydrogens is 188 g/mol. The molecule has 3 heteroatoms. The zero-order valence-electron chi connectivity index (χ0n) is 8.70. The Balaban J connectivity index is 2.02. The first-order valence-corrected chi connectivity index (χ1v) is 5.43. The highest BCUT2D eigenvalue weighted by Crippen LogP contribution is 2.27. The van der Waals surface area contributed by atoms with Crippen LogP contribution in [0.3, 0.4) is 0 Å². The largest absolute Gasteiger partial charge is 0.397 e. The fourth-order valence-electron chi connectivity index (χ4n) is 2.03. The van der Waals surface area contributed by atoms with Crippen LogP contribution in [0.4, 0.5) is 11.4 Å². The molecule has 1 aromatic rings. The van der Waals surface area contributed by atoms with Gasteiger partial charge in [-0.15, -0.1) is 0 Å². The lowest BCUT2D eigenvalue weighted by molar-refractivity contribution is -0.119. The zero-order valence-corrected chi connectivity index (χ0v) is 8.70. The van der Waals surface area contributed by atoms with Crippen LogP contribution in [0, 0.1) is 5.92 Å². The van der Waals surface area contributed by atoms with Gasteiger partial charge in [-0.2, -0.15) is 0 Å². The van der Waals surface area contributed by atoms with Gasteiger partial charge in [0.1, 0.15) is 0 Å². The summed E-state index contributed by atoms with van der Waals surface area (Å²) in [5, 5.41) is 2.89. The molecule has 1 saturated carbocycles. The number of nitrogen functional groups attached to an aromatic ring is 1. The van der Waals surface area contributed by atoms with Crippen LogP contribution in [-0.4, -0.2) is 5.91 Å². The molecule has 2 rings (SSSR count). The van der Waals surface area contributed by atoms with Crippen LogP contribution in [0.5, 0.6) is 0 Å². The number of hydrogen-bond acceptors (Lipinski definition) is 2. The Morgan fingerprint density at radius 1 is 1.27 bits per heavy atom. The van der Waals surface area contributed by atoms with E-state index in [2.05, 4.69) is 5.32 Å².